The number of aliphatic hydroxyl groups is 2. The van der Waals surface area contributed by atoms with E-state index in [1.165, 1.54) is 0 Å². The Hall–Kier alpha value is -1.68. The molecule has 0 amide bonds. The molecular formula is C24H32NO2+. The zero-order valence-electron chi connectivity index (χ0n) is 16.6. The van der Waals surface area contributed by atoms with Gasteiger partial charge in [-0.25, -0.2) is 0 Å². The van der Waals surface area contributed by atoms with Crippen LogP contribution >= 0.6 is 0 Å². The van der Waals surface area contributed by atoms with E-state index in [1.807, 2.05) is 24.3 Å². The van der Waals surface area contributed by atoms with Gasteiger partial charge >= 0.3 is 0 Å². The summed E-state index contributed by atoms with van der Waals surface area (Å²) in [4.78, 5) is 0. The van der Waals surface area contributed by atoms with Crippen LogP contribution < -0.4 is 0 Å². The zero-order valence-corrected chi connectivity index (χ0v) is 16.6. The third kappa shape index (κ3) is 3.02. The highest BCUT2D eigenvalue weighted by Gasteiger charge is 2.55. The molecule has 2 aromatic carbocycles. The number of aryl methyl sites for hydroxylation is 2. The fraction of sp³-hybridized carbons (Fsp3) is 0.500. The molecule has 0 radical (unpaired) electrons. The van der Waals surface area contributed by atoms with E-state index in [9.17, 15) is 10.2 Å². The van der Waals surface area contributed by atoms with Crippen molar-refractivity contribution in [2.24, 2.45) is 11.8 Å². The van der Waals surface area contributed by atoms with E-state index in [4.69, 9.17) is 0 Å². The molecule has 144 valence electrons. The summed E-state index contributed by atoms with van der Waals surface area (Å²) < 4.78 is 0.956. The number of nitrogens with zero attached hydrogens (tertiary/aromatic N) is 1. The predicted molar refractivity (Wildman–Crippen MR) is 108 cm³/mol. The van der Waals surface area contributed by atoms with Gasteiger partial charge in [0.1, 0.15) is 12.1 Å². The molecular weight excluding hydrogens is 334 g/mol. The highest BCUT2D eigenvalue weighted by molar-refractivity contribution is 5.45. The molecule has 3 aliphatic heterocycles. The number of hydrogen-bond donors (Lipinski definition) is 2. The molecule has 3 nitrogen and oxygen atoms in total. The van der Waals surface area contributed by atoms with Crippen LogP contribution in [0.15, 0.2) is 48.5 Å². The second-order valence-corrected chi connectivity index (χ2v) is 8.76. The third-order valence-electron chi connectivity index (χ3n) is 7.32. The van der Waals surface area contributed by atoms with Crippen molar-refractivity contribution in [3.8, 4) is 0 Å². The summed E-state index contributed by atoms with van der Waals surface area (Å²) in [5.41, 5.74) is 3.39. The fourth-order valence-corrected chi connectivity index (χ4v) is 5.83. The van der Waals surface area contributed by atoms with E-state index in [2.05, 4.69) is 38.1 Å². The Kier molecular flexibility index (Phi) is 4.87. The lowest BCUT2D eigenvalue weighted by Gasteiger charge is -2.56. The first kappa shape index (κ1) is 18.7. The predicted octanol–water partition coefficient (Wildman–Crippen LogP) is 3.39. The van der Waals surface area contributed by atoms with Crippen molar-refractivity contribution in [2.45, 2.75) is 32.3 Å². The maximum absolute atomic E-state index is 12.5. The first-order chi connectivity index (χ1) is 13.0. The Labute approximate surface area is 162 Å². The molecule has 3 heterocycles. The van der Waals surface area contributed by atoms with Crippen molar-refractivity contribution >= 4 is 0 Å². The minimum atomic E-state index is -0.985. The van der Waals surface area contributed by atoms with Crippen molar-refractivity contribution in [1.29, 1.82) is 0 Å². The Balaban J connectivity index is 1.87. The Morgan fingerprint density at radius 2 is 1.44 bits per heavy atom. The summed E-state index contributed by atoms with van der Waals surface area (Å²) in [6.45, 7) is 8.48. The number of hydrogen-bond acceptors (Lipinski definition) is 2. The molecule has 0 aliphatic carbocycles. The average Bonchev–Trinajstić information content (AvgIpc) is 2.69. The topological polar surface area (TPSA) is 40.5 Å². The van der Waals surface area contributed by atoms with Crippen LogP contribution in [0.2, 0.25) is 0 Å². The Bertz CT molecular complexity index is 757. The van der Waals surface area contributed by atoms with Crippen LogP contribution in [-0.2, 0) is 5.60 Å². The Morgan fingerprint density at radius 1 is 0.926 bits per heavy atom. The lowest BCUT2D eigenvalue weighted by Crippen LogP contribution is -2.66. The van der Waals surface area contributed by atoms with Crippen molar-refractivity contribution in [1.82, 2.24) is 0 Å². The molecule has 0 unspecified atom stereocenters. The van der Waals surface area contributed by atoms with Gasteiger partial charge in [0.25, 0.3) is 0 Å². The number of quaternary nitrogens is 1. The van der Waals surface area contributed by atoms with Crippen LogP contribution in [0, 0.1) is 25.7 Å². The van der Waals surface area contributed by atoms with Crippen molar-refractivity contribution in [3.05, 3.63) is 70.8 Å². The Morgan fingerprint density at radius 3 is 1.93 bits per heavy atom. The van der Waals surface area contributed by atoms with Gasteiger partial charge in [-0.2, -0.15) is 0 Å². The molecule has 3 fully saturated rings. The largest absolute Gasteiger partial charge is 0.391 e. The smallest absolute Gasteiger partial charge is 0.124 e. The van der Waals surface area contributed by atoms with Crippen LogP contribution in [0.1, 0.15) is 35.1 Å². The van der Waals surface area contributed by atoms with Crippen LogP contribution in [0.4, 0.5) is 0 Å². The van der Waals surface area contributed by atoms with Gasteiger partial charge in [0, 0.05) is 18.8 Å². The summed E-state index contributed by atoms with van der Waals surface area (Å²) in [5.74, 6) is 0.710. The molecule has 0 aromatic heterocycles. The third-order valence-corrected chi connectivity index (χ3v) is 7.32. The summed E-state index contributed by atoms with van der Waals surface area (Å²) in [6.07, 6.45) is 2.29. The average molecular weight is 367 g/mol. The number of rotatable bonds is 5. The highest BCUT2D eigenvalue weighted by atomic mass is 16.3. The standard InChI is InChI=1S/C24H32NO2/c1-18-7-3-5-9-21(18)24(27,22-10-6-4-8-19(22)2)23-17-25(15-16-26)13-11-20(23)12-14-25/h3-10,20,23,26-27H,11-17H2,1-2H3/q+1/t20?,23-,25?/m0/s1. The molecule has 3 heteroatoms. The molecule has 2 N–H and O–H groups in total. The van der Waals surface area contributed by atoms with Gasteiger partial charge in [-0.15, -0.1) is 0 Å². The van der Waals surface area contributed by atoms with Gasteiger partial charge in [-0.1, -0.05) is 48.5 Å². The molecule has 3 saturated heterocycles. The molecule has 27 heavy (non-hydrogen) atoms. The second kappa shape index (κ2) is 7.05. The van der Waals surface area contributed by atoms with E-state index in [0.29, 0.717) is 5.92 Å². The summed E-state index contributed by atoms with van der Waals surface area (Å²) in [7, 11) is 0. The molecule has 5 rings (SSSR count). The van der Waals surface area contributed by atoms with Crippen molar-refractivity contribution < 1.29 is 14.7 Å². The summed E-state index contributed by atoms with van der Waals surface area (Å²) >= 11 is 0. The SMILES string of the molecule is Cc1ccccc1C(O)(c1ccccc1C)[C@H]1C[N+]2(CCO)CCC1CC2. The first-order valence-corrected chi connectivity index (χ1v) is 10.3. The maximum Gasteiger partial charge on any atom is 0.124 e. The fourth-order valence-electron chi connectivity index (χ4n) is 5.83. The van der Waals surface area contributed by atoms with E-state index in [0.717, 1.165) is 65.8 Å². The van der Waals surface area contributed by atoms with Gasteiger partial charge in [-0.05, 0) is 42.0 Å². The van der Waals surface area contributed by atoms with E-state index >= 15 is 0 Å². The normalized spacial score (nSPS) is 27.7. The van der Waals surface area contributed by atoms with Crippen molar-refractivity contribution in [2.75, 3.05) is 32.8 Å². The van der Waals surface area contributed by atoms with Gasteiger partial charge in [0.15, 0.2) is 0 Å². The number of benzene rings is 2. The lowest BCUT2D eigenvalue weighted by molar-refractivity contribution is -0.948. The van der Waals surface area contributed by atoms with Crippen molar-refractivity contribution in [3.63, 3.8) is 0 Å². The quantitative estimate of drug-likeness (QED) is 0.797. The van der Waals surface area contributed by atoms with Gasteiger partial charge in [-0.3, -0.25) is 0 Å². The second-order valence-electron chi connectivity index (χ2n) is 8.76. The molecule has 0 spiro atoms. The number of piperidine rings is 3. The minimum absolute atomic E-state index is 0.175. The van der Waals surface area contributed by atoms with Crippen LogP contribution in [-0.4, -0.2) is 47.5 Å². The highest BCUT2D eigenvalue weighted by Crippen LogP contribution is 2.50. The first-order valence-electron chi connectivity index (χ1n) is 10.3. The van der Waals surface area contributed by atoms with Crippen LogP contribution in [0.3, 0.4) is 0 Å². The molecule has 3 aliphatic rings. The van der Waals surface area contributed by atoms with Gasteiger partial charge < -0.3 is 14.7 Å². The monoisotopic (exact) mass is 366 g/mol. The maximum atomic E-state index is 12.5. The molecule has 1 atom stereocenters. The number of aliphatic hydroxyl groups excluding tert-OH is 1. The molecule has 2 aromatic rings. The summed E-state index contributed by atoms with van der Waals surface area (Å²) in [6, 6.07) is 16.6. The summed E-state index contributed by atoms with van der Waals surface area (Å²) in [5, 5.41) is 22.1. The van der Waals surface area contributed by atoms with Gasteiger partial charge in [0.2, 0.25) is 0 Å². The van der Waals surface area contributed by atoms with E-state index in [1.54, 1.807) is 0 Å². The van der Waals surface area contributed by atoms with Gasteiger partial charge in [0.05, 0.1) is 26.2 Å². The number of fused-ring (bicyclic) bond motifs is 3. The molecule has 2 bridgehead atoms. The zero-order chi connectivity index (χ0) is 19.1. The van der Waals surface area contributed by atoms with Crippen LogP contribution in [0.5, 0.6) is 0 Å². The van der Waals surface area contributed by atoms with E-state index < -0.39 is 5.60 Å². The van der Waals surface area contributed by atoms with E-state index in [-0.39, 0.29) is 12.5 Å². The van der Waals surface area contributed by atoms with Crippen LogP contribution in [0.25, 0.3) is 0 Å². The molecule has 0 saturated carbocycles. The minimum Gasteiger partial charge on any atom is -0.391 e. The lowest BCUT2D eigenvalue weighted by atomic mass is 9.63.